The second-order valence-corrected chi connectivity index (χ2v) is 6.17. The lowest BCUT2D eigenvalue weighted by molar-refractivity contribution is 0.0954. The zero-order valence-corrected chi connectivity index (χ0v) is 14.4. The van der Waals surface area contributed by atoms with Crippen LogP contribution < -0.4 is 10.6 Å². The van der Waals surface area contributed by atoms with E-state index < -0.39 is 0 Å². The van der Waals surface area contributed by atoms with Gasteiger partial charge in [-0.15, -0.1) is 0 Å². The van der Waals surface area contributed by atoms with Crippen molar-refractivity contribution >= 4 is 6.03 Å². The number of ether oxygens (including phenoxy) is 1. The lowest BCUT2D eigenvalue weighted by Crippen LogP contribution is -2.42. The van der Waals surface area contributed by atoms with Crippen LogP contribution in [0.15, 0.2) is 36.9 Å². The van der Waals surface area contributed by atoms with Gasteiger partial charge in [-0.1, -0.05) is 26.0 Å². The molecule has 7 heteroatoms. The lowest BCUT2D eigenvalue weighted by atomic mass is 10.2. The van der Waals surface area contributed by atoms with Gasteiger partial charge in [0, 0.05) is 13.2 Å². The van der Waals surface area contributed by atoms with Crippen LogP contribution in [-0.2, 0) is 11.3 Å². The Balaban J connectivity index is 1.76. The fraction of sp³-hybridized carbons (Fsp3) is 0.471. The van der Waals surface area contributed by atoms with Gasteiger partial charge in [0.1, 0.15) is 12.7 Å². The maximum atomic E-state index is 11.9. The first-order valence-electron chi connectivity index (χ1n) is 8.10. The highest BCUT2D eigenvalue weighted by Crippen LogP contribution is 2.08. The van der Waals surface area contributed by atoms with Crippen LogP contribution >= 0.6 is 0 Å². The standard InChI is InChI=1S/C17H25N5O2/c1-13(2)9-24-10-14(3)21-17(23)19-8-15-5-4-6-16(7-15)22-12-18-11-20-22/h4-7,11-14H,8-10H2,1-3H3,(H2,19,21,23)/t14-/m0/s1. The van der Waals surface area contributed by atoms with E-state index in [-0.39, 0.29) is 12.1 Å². The second kappa shape index (κ2) is 9.02. The molecule has 130 valence electrons. The molecule has 0 aliphatic carbocycles. The summed E-state index contributed by atoms with van der Waals surface area (Å²) in [6.45, 7) is 7.76. The summed E-state index contributed by atoms with van der Waals surface area (Å²) >= 11 is 0. The molecule has 1 aromatic heterocycles. The molecule has 7 nitrogen and oxygen atoms in total. The molecule has 1 heterocycles. The number of hydrogen-bond acceptors (Lipinski definition) is 4. The number of hydrogen-bond donors (Lipinski definition) is 2. The molecule has 0 radical (unpaired) electrons. The number of nitrogens with one attached hydrogen (secondary N) is 2. The van der Waals surface area contributed by atoms with Gasteiger partial charge in [-0.3, -0.25) is 0 Å². The van der Waals surface area contributed by atoms with Gasteiger partial charge >= 0.3 is 6.03 Å². The smallest absolute Gasteiger partial charge is 0.315 e. The van der Waals surface area contributed by atoms with Gasteiger partial charge in [-0.2, -0.15) is 5.10 Å². The minimum atomic E-state index is -0.207. The maximum absolute atomic E-state index is 11.9. The summed E-state index contributed by atoms with van der Waals surface area (Å²) < 4.78 is 7.20. The topological polar surface area (TPSA) is 81.1 Å². The fourth-order valence-corrected chi connectivity index (χ4v) is 2.13. The minimum absolute atomic E-state index is 0.0368. The van der Waals surface area contributed by atoms with Crippen LogP contribution in [-0.4, -0.2) is 40.1 Å². The molecule has 0 saturated carbocycles. The van der Waals surface area contributed by atoms with E-state index in [0.29, 0.717) is 25.7 Å². The minimum Gasteiger partial charge on any atom is -0.379 e. The fourth-order valence-electron chi connectivity index (χ4n) is 2.13. The average Bonchev–Trinajstić information content (AvgIpc) is 3.07. The molecule has 0 unspecified atom stereocenters. The first-order valence-corrected chi connectivity index (χ1v) is 8.10. The van der Waals surface area contributed by atoms with Crippen molar-refractivity contribution in [2.75, 3.05) is 13.2 Å². The number of aromatic nitrogens is 3. The Hall–Kier alpha value is -2.41. The molecule has 2 aromatic rings. The number of amides is 2. The zero-order valence-electron chi connectivity index (χ0n) is 14.4. The van der Waals surface area contributed by atoms with Gasteiger partial charge in [0.2, 0.25) is 0 Å². The third kappa shape index (κ3) is 6.00. The molecule has 0 aliphatic rings. The van der Waals surface area contributed by atoms with Gasteiger partial charge < -0.3 is 15.4 Å². The van der Waals surface area contributed by atoms with Gasteiger partial charge in [0.15, 0.2) is 0 Å². The molecule has 2 N–H and O–H groups in total. The monoisotopic (exact) mass is 331 g/mol. The van der Waals surface area contributed by atoms with E-state index in [9.17, 15) is 4.79 Å². The van der Waals surface area contributed by atoms with E-state index in [4.69, 9.17) is 4.74 Å². The van der Waals surface area contributed by atoms with Crippen LogP contribution in [0, 0.1) is 5.92 Å². The van der Waals surface area contributed by atoms with Crippen LogP contribution in [0.1, 0.15) is 26.3 Å². The highest BCUT2D eigenvalue weighted by Gasteiger charge is 2.08. The Labute approximate surface area is 142 Å². The lowest BCUT2D eigenvalue weighted by Gasteiger charge is -2.16. The molecular weight excluding hydrogens is 306 g/mol. The molecule has 2 amide bonds. The molecule has 0 aliphatic heterocycles. The third-order valence-electron chi connectivity index (χ3n) is 3.24. The third-order valence-corrected chi connectivity index (χ3v) is 3.24. The Morgan fingerprint density at radius 1 is 1.29 bits per heavy atom. The summed E-state index contributed by atoms with van der Waals surface area (Å²) in [5.74, 6) is 0.489. The summed E-state index contributed by atoms with van der Waals surface area (Å²) in [5, 5.41) is 9.81. The number of urea groups is 1. The first kappa shape index (κ1) is 17.9. The molecule has 0 saturated heterocycles. The van der Waals surface area contributed by atoms with E-state index in [1.165, 1.54) is 6.33 Å². The summed E-state index contributed by atoms with van der Waals surface area (Å²) in [5.41, 5.74) is 1.89. The van der Waals surface area contributed by atoms with Crippen molar-refractivity contribution in [3.8, 4) is 5.69 Å². The molecule has 2 rings (SSSR count). The maximum Gasteiger partial charge on any atom is 0.315 e. The van der Waals surface area contributed by atoms with Crippen molar-refractivity contribution < 1.29 is 9.53 Å². The van der Waals surface area contributed by atoms with Crippen LogP contribution in [0.5, 0.6) is 0 Å². The predicted octanol–water partition coefficient (Wildman–Crippen LogP) is 2.13. The Bertz CT molecular complexity index is 628. The SMILES string of the molecule is CC(C)COC[C@H](C)NC(=O)NCc1cccc(-n2cncn2)c1. The highest BCUT2D eigenvalue weighted by molar-refractivity contribution is 5.74. The van der Waals surface area contributed by atoms with Gasteiger partial charge in [0.05, 0.1) is 18.3 Å². The van der Waals surface area contributed by atoms with Gasteiger partial charge in [-0.05, 0) is 30.5 Å². The Morgan fingerprint density at radius 3 is 2.83 bits per heavy atom. The highest BCUT2D eigenvalue weighted by atomic mass is 16.5. The first-order chi connectivity index (χ1) is 11.5. The van der Waals surface area contributed by atoms with E-state index >= 15 is 0 Å². The van der Waals surface area contributed by atoms with Crippen molar-refractivity contribution in [3.63, 3.8) is 0 Å². The van der Waals surface area contributed by atoms with Gasteiger partial charge in [0.25, 0.3) is 0 Å². The molecule has 0 bridgehead atoms. The van der Waals surface area contributed by atoms with Gasteiger partial charge in [-0.25, -0.2) is 14.5 Å². The number of benzene rings is 1. The molecule has 24 heavy (non-hydrogen) atoms. The normalized spacial score (nSPS) is 12.2. The number of carbonyl (C=O) groups excluding carboxylic acids is 1. The summed E-state index contributed by atoms with van der Waals surface area (Å²) in [4.78, 5) is 15.9. The zero-order chi connectivity index (χ0) is 17.4. The Kier molecular flexibility index (Phi) is 6.74. The summed E-state index contributed by atoms with van der Waals surface area (Å²) in [6.07, 6.45) is 3.12. The van der Waals surface area contributed by atoms with E-state index in [1.54, 1.807) is 11.0 Å². The molecular formula is C17H25N5O2. The molecule has 1 aromatic carbocycles. The van der Waals surface area contributed by atoms with Crippen LogP contribution in [0.25, 0.3) is 5.69 Å². The molecule has 1 atom stereocenters. The van der Waals surface area contributed by atoms with Crippen molar-refractivity contribution in [1.82, 2.24) is 25.4 Å². The number of carbonyl (C=O) groups is 1. The van der Waals surface area contributed by atoms with Crippen LogP contribution in [0.3, 0.4) is 0 Å². The van der Waals surface area contributed by atoms with E-state index in [2.05, 4.69) is 34.6 Å². The Morgan fingerprint density at radius 2 is 2.12 bits per heavy atom. The molecule has 0 spiro atoms. The largest absolute Gasteiger partial charge is 0.379 e. The van der Waals surface area contributed by atoms with Crippen LogP contribution in [0.4, 0.5) is 4.79 Å². The number of nitrogens with zero attached hydrogens (tertiary/aromatic N) is 3. The molecule has 0 fully saturated rings. The quantitative estimate of drug-likeness (QED) is 0.776. The number of rotatable bonds is 8. The summed E-state index contributed by atoms with van der Waals surface area (Å²) in [6, 6.07) is 7.54. The summed E-state index contributed by atoms with van der Waals surface area (Å²) in [7, 11) is 0. The second-order valence-electron chi connectivity index (χ2n) is 6.17. The van der Waals surface area contributed by atoms with E-state index in [1.807, 2.05) is 31.2 Å². The van der Waals surface area contributed by atoms with Crippen molar-refractivity contribution in [2.45, 2.75) is 33.4 Å². The van der Waals surface area contributed by atoms with E-state index in [0.717, 1.165) is 11.3 Å². The van der Waals surface area contributed by atoms with Crippen molar-refractivity contribution in [2.24, 2.45) is 5.92 Å². The predicted molar refractivity (Wildman–Crippen MR) is 91.8 cm³/mol. The average molecular weight is 331 g/mol. The van der Waals surface area contributed by atoms with Crippen LogP contribution in [0.2, 0.25) is 0 Å². The van der Waals surface area contributed by atoms with Crippen molar-refractivity contribution in [1.29, 1.82) is 0 Å². The van der Waals surface area contributed by atoms with Crippen molar-refractivity contribution in [3.05, 3.63) is 42.5 Å².